The van der Waals surface area contributed by atoms with Gasteiger partial charge in [0.25, 0.3) is 0 Å². The van der Waals surface area contributed by atoms with Crippen LogP contribution in [0.4, 0.5) is 22.7 Å². The second-order valence-corrected chi connectivity index (χ2v) is 26.1. The average Bonchev–Trinajstić information content (AvgIpc) is 2.97. The SMILES string of the molecule is CC(=O)OC(C)C.CC(C)C[C@@H](NC(=O)C(C)(C)N)C(=O)CC1Cc2cccc(N3CCCC3=O)c2N(Cc2ccsc2)C1=O.CC(C)C[C@@H](NC(=O)C(C)(C)N)C(=O)CC1Cc2cccc(N3CCCC3=O)c2N(Cc2ccsc2)C1=O.Cl. The lowest BCUT2D eigenvalue weighted by Crippen LogP contribution is -2.54. The Hall–Kier alpha value is -6.32. The second-order valence-electron chi connectivity index (χ2n) is 24.5. The molecular formula is C63H87ClN8O10S2. The Morgan fingerprint density at radius 1 is 0.619 bits per heavy atom. The van der Waals surface area contributed by atoms with E-state index >= 15 is 0 Å². The van der Waals surface area contributed by atoms with Gasteiger partial charge in [-0.25, -0.2) is 0 Å². The van der Waals surface area contributed by atoms with Crippen LogP contribution in [0.3, 0.4) is 0 Å². The van der Waals surface area contributed by atoms with Gasteiger partial charge in [0.05, 0.1) is 65.1 Å². The maximum absolute atomic E-state index is 14.0. The summed E-state index contributed by atoms with van der Waals surface area (Å²) >= 11 is 3.12. The Morgan fingerprint density at radius 3 is 1.27 bits per heavy atom. The van der Waals surface area contributed by atoms with E-state index in [2.05, 4.69) is 15.4 Å². The fourth-order valence-corrected chi connectivity index (χ4v) is 12.1. The number of amides is 6. The number of Topliss-reactive ketones (excluding diaryl/α,β-unsaturated/α-hetero) is 2. The predicted molar refractivity (Wildman–Crippen MR) is 334 cm³/mol. The molecule has 6 heterocycles. The van der Waals surface area contributed by atoms with Crippen LogP contribution in [0.2, 0.25) is 0 Å². The molecule has 2 unspecified atom stereocenters. The number of nitrogens with one attached hydrogen (secondary N) is 2. The van der Waals surface area contributed by atoms with Crippen molar-refractivity contribution >= 4 is 111 Å². The van der Waals surface area contributed by atoms with E-state index < -0.39 is 46.8 Å². The maximum Gasteiger partial charge on any atom is 0.302 e. The summed E-state index contributed by atoms with van der Waals surface area (Å²) in [5.41, 5.74) is 16.6. The zero-order valence-corrected chi connectivity index (χ0v) is 53.1. The Kier molecular flexibility index (Phi) is 24.6. The van der Waals surface area contributed by atoms with E-state index in [1.54, 1.807) is 70.0 Å². The molecule has 0 aliphatic carbocycles. The summed E-state index contributed by atoms with van der Waals surface area (Å²) in [6.07, 6.45) is 4.40. The fraction of sp³-hybridized carbons (Fsp3) is 0.540. The molecule has 21 heteroatoms. The first-order valence-corrected chi connectivity index (χ1v) is 30.8. The minimum atomic E-state index is -1.12. The van der Waals surface area contributed by atoms with Crippen LogP contribution in [0.5, 0.6) is 0 Å². The number of esters is 1. The number of benzene rings is 2. The predicted octanol–water partition coefficient (Wildman–Crippen LogP) is 9.00. The number of ketones is 2. The molecule has 4 aliphatic rings. The Balaban J connectivity index is 0.000000273. The lowest BCUT2D eigenvalue weighted by Gasteiger charge is -2.37. The highest BCUT2D eigenvalue weighted by atomic mass is 35.5. The van der Waals surface area contributed by atoms with Crippen molar-refractivity contribution in [2.75, 3.05) is 32.7 Å². The monoisotopic (exact) mass is 1210 g/mol. The van der Waals surface area contributed by atoms with Crippen molar-refractivity contribution in [3.05, 3.63) is 92.3 Å². The molecule has 4 aromatic rings. The smallest absolute Gasteiger partial charge is 0.302 e. The molecule has 4 atom stereocenters. The van der Waals surface area contributed by atoms with E-state index in [4.69, 9.17) is 11.5 Å². The summed E-state index contributed by atoms with van der Waals surface area (Å²) < 4.78 is 4.61. The molecule has 4 aliphatic heterocycles. The van der Waals surface area contributed by atoms with Crippen molar-refractivity contribution in [1.29, 1.82) is 0 Å². The van der Waals surface area contributed by atoms with Crippen LogP contribution >= 0.6 is 35.1 Å². The second kappa shape index (κ2) is 30.2. The van der Waals surface area contributed by atoms with Gasteiger partial charge >= 0.3 is 5.97 Å². The minimum absolute atomic E-state index is 0. The van der Waals surface area contributed by atoms with Crippen LogP contribution < -0.4 is 41.7 Å². The number of halogens is 1. The lowest BCUT2D eigenvalue weighted by molar-refractivity contribution is -0.144. The third-order valence-corrected chi connectivity index (χ3v) is 16.2. The number of carbonyl (C=O) groups excluding carboxylic acids is 9. The molecular weight excluding hydrogens is 1130 g/mol. The van der Waals surface area contributed by atoms with Gasteiger partial charge in [-0.2, -0.15) is 22.7 Å². The Morgan fingerprint density at radius 2 is 1.00 bits per heavy atom. The van der Waals surface area contributed by atoms with Gasteiger partial charge in [-0.3, -0.25) is 43.2 Å². The topological polar surface area (TPSA) is 252 Å². The quantitative estimate of drug-likeness (QED) is 0.0571. The van der Waals surface area contributed by atoms with Crippen molar-refractivity contribution in [1.82, 2.24) is 10.6 Å². The molecule has 0 bridgehead atoms. The molecule has 2 fully saturated rings. The van der Waals surface area contributed by atoms with Gasteiger partial charge in [0.1, 0.15) is 0 Å². The van der Waals surface area contributed by atoms with Crippen molar-refractivity contribution in [3.63, 3.8) is 0 Å². The number of ether oxygens (including phenoxy) is 1. The van der Waals surface area contributed by atoms with Gasteiger partial charge in [0.15, 0.2) is 11.6 Å². The number of anilines is 4. The van der Waals surface area contributed by atoms with Gasteiger partial charge in [-0.1, -0.05) is 52.0 Å². The molecule has 18 nitrogen and oxygen atoms in total. The molecule has 2 aromatic heterocycles. The molecule has 0 saturated carbocycles. The van der Waals surface area contributed by atoms with Gasteiger partial charge in [-0.15, -0.1) is 12.4 Å². The number of nitrogens with zero attached hydrogens (tertiary/aromatic N) is 4. The van der Waals surface area contributed by atoms with Crippen LogP contribution in [0, 0.1) is 23.7 Å². The van der Waals surface area contributed by atoms with E-state index in [1.165, 1.54) is 6.92 Å². The van der Waals surface area contributed by atoms with Crippen molar-refractivity contribution in [2.45, 2.75) is 183 Å². The summed E-state index contributed by atoms with van der Waals surface area (Å²) in [7, 11) is 0. The number of para-hydroxylation sites is 2. The van der Waals surface area contributed by atoms with Crippen LogP contribution in [-0.2, 0) is 73.8 Å². The summed E-state index contributed by atoms with van der Waals surface area (Å²) in [5.74, 6) is -2.25. The molecule has 458 valence electrons. The first-order valence-electron chi connectivity index (χ1n) is 29.0. The number of carbonyl (C=O) groups is 9. The molecule has 6 amide bonds. The van der Waals surface area contributed by atoms with E-state index in [9.17, 15) is 43.2 Å². The number of thiophene rings is 2. The first kappa shape index (κ1) is 68.5. The van der Waals surface area contributed by atoms with Gasteiger partial charge in [0.2, 0.25) is 35.4 Å². The van der Waals surface area contributed by atoms with Gasteiger partial charge in [0, 0.05) is 57.5 Å². The minimum Gasteiger partial charge on any atom is -0.463 e. The summed E-state index contributed by atoms with van der Waals surface area (Å²) in [4.78, 5) is 123. The number of hydrogen-bond acceptors (Lipinski definition) is 14. The number of hydrogen-bond donors (Lipinski definition) is 4. The molecule has 2 saturated heterocycles. The van der Waals surface area contributed by atoms with Gasteiger partial charge < -0.3 is 46.4 Å². The highest BCUT2D eigenvalue weighted by Gasteiger charge is 2.42. The average molecular weight is 1220 g/mol. The first-order chi connectivity index (χ1) is 39.0. The third-order valence-electron chi connectivity index (χ3n) is 14.7. The van der Waals surface area contributed by atoms with E-state index in [0.717, 1.165) is 57.8 Å². The molecule has 2 aromatic carbocycles. The number of fused-ring (bicyclic) bond motifs is 2. The Labute approximate surface area is 509 Å². The summed E-state index contributed by atoms with van der Waals surface area (Å²) in [6.45, 7) is 21.4. The van der Waals surface area contributed by atoms with Crippen LogP contribution in [-0.4, -0.2) is 95.3 Å². The van der Waals surface area contributed by atoms with Crippen molar-refractivity contribution in [3.8, 4) is 0 Å². The zero-order valence-electron chi connectivity index (χ0n) is 50.6. The van der Waals surface area contributed by atoms with Crippen LogP contribution in [0.15, 0.2) is 70.1 Å². The fourth-order valence-electron chi connectivity index (χ4n) is 10.8. The van der Waals surface area contributed by atoms with Gasteiger partial charge in [-0.05, 0) is 160 Å². The molecule has 0 radical (unpaired) electrons. The van der Waals surface area contributed by atoms with E-state index in [-0.39, 0.29) is 84.4 Å². The lowest BCUT2D eigenvalue weighted by atomic mass is 9.84. The zero-order chi connectivity index (χ0) is 61.1. The molecule has 84 heavy (non-hydrogen) atoms. The van der Waals surface area contributed by atoms with Crippen molar-refractivity contribution < 1.29 is 47.9 Å². The summed E-state index contributed by atoms with van der Waals surface area (Å²) in [6, 6.07) is 14.2. The highest BCUT2D eigenvalue weighted by molar-refractivity contribution is 7.08. The standard InChI is InChI=1S/2C29H38N4O4S.C5H10O2.ClH/c2*1-18(2)13-22(31-28(37)29(3,4)30)24(34)15-21-14-20-7-5-8-23(32-11-6-9-25(32)35)26(20)33(27(21)36)16-19-10-12-38-17-19;1-4(2)7-5(3)6;/h2*5,7-8,10,12,17-18,21-22H,6,9,11,13-16,30H2,1-4H3,(H,31,37);4H,1-3H3;1H/t2*21?,22-;;/m11../s1. The van der Waals surface area contributed by atoms with Crippen LogP contribution in [0.1, 0.15) is 150 Å². The molecule has 6 N–H and O–H groups in total. The Bertz CT molecular complexity index is 2780. The maximum atomic E-state index is 14.0. The molecule has 8 rings (SSSR count). The van der Waals surface area contributed by atoms with E-state index in [0.29, 0.717) is 64.7 Å². The normalized spacial score (nSPS) is 17.6. The largest absolute Gasteiger partial charge is 0.463 e. The molecule has 0 spiro atoms. The highest BCUT2D eigenvalue weighted by Crippen LogP contribution is 2.44. The van der Waals surface area contributed by atoms with E-state index in [1.807, 2.05) is 112 Å². The van der Waals surface area contributed by atoms with Crippen molar-refractivity contribution in [2.24, 2.45) is 35.1 Å². The third kappa shape index (κ3) is 18.3. The summed E-state index contributed by atoms with van der Waals surface area (Å²) in [5, 5.41) is 13.6. The number of rotatable bonds is 21. The number of nitrogens with two attached hydrogens (primary N) is 2. The van der Waals surface area contributed by atoms with Crippen LogP contribution in [0.25, 0.3) is 0 Å².